The number of benzene rings is 1. The maximum atomic E-state index is 6.16. The molecule has 20 heavy (non-hydrogen) atoms. The average Bonchev–Trinajstić information content (AvgIpc) is 2.35. The molecule has 1 N–H and O–H groups in total. The molecule has 1 saturated heterocycles. The van der Waals surface area contributed by atoms with Crippen LogP contribution < -0.4 is 10.2 Å². The number of anilines is 1. The lowest BCUT2D eigenvalue weighted by Gasteiger charge is -2.38. The van der Waals surface area contributed by atoms with Crippen molar-refractivity contribution in [2.24, 2.45) is 0 Å². The minimum absolute atomic E-state index is 0.264. The molecule has 4 heteroatoms. The zero-order valence-electron chi connectivity index (χ0n) is 12.8. The highest BCUT2D eigenvalue weighted by molar-refractivity contribution is 6.30. The van der Waals surface area contributed by atoms with Crippen molar-refractivity contribution in [3.63, 3.8) is 0 Å². The molecule has 2 unspecified atom stereocenters. The van der Waals surface area contributed by atoms with Gasteiger partial charge in [0.1, 0.15) is 0 Å². The van der Waals surface area contributed by atoms with Gasteiger partial charge in [0.05, 0.1) is 12.2 Å². The highest BCUT2D eigenvalue weighted by atomic mass is 35.5. The number of ether oxygens (including phenoxy) is 1. The summed E-state index contributed by atoms with van der Waals surface area (Å²) in [5.41, 5.74) is 2.53. The molecule has 0 radical (unpaired) electrons. The van der Waals surface area contributed by atoms with E-state index >= 15 is 0 Å². The van der Waals surface area contributed by atoms with E-state index in [-0.39, 0.29) is 12.2 Å². The maximum Gasteiger partial charge on any atom is 0.0726 e. The summed E-state index contributed by atoms with van der Waals surface area (Å²) >= 11 is 6.16. The third-order valence-corrected chi connectivity index (χ3v) is 3.74. The van der Waals surface area contributed by atoms with E-state index in [0.29, 0.717) is 6.04 Å². The van der Waals surface area contributed by atoms with E-state index in [1.807, 2.05) is 6.07 Å². The van der Waals surface area contributed by atoms with Crippen molar-refractivity contribution in [3.05, 3.63) is 28.8 Å². The Labute approximate surface area is 127 Å². The van der Waals surface area contributed by atoms with Gasteiger partial charge in [0.2, 0.25) is 0 Å². The fraction of sp³-hybridized carbons (Fsp3) is 0.625. The second-order valence-electron chi connectivity index (χ2n) is 5.97. The van der Waals surface area contributed by atoms with Crippen LogP contribution in [-0.2, 0) is 11.3 Å². The fourth-order valence-electron chi connectivity index (χ4n) is 2.69. The summed E-state index contributed by atoms with van der Waals surface area (Å²) in [5, 5.41) is 4.27. The zero-order chi connectivity index (χ0) is 14.7. The number of hydrogen-bond donors (Lipinski definition) is 1. The van der Waals surface area contributed by atoms with Gasteiger partial charge in [-0.05, 0) is 37.6 Å². The molecular formula is C16H25ClN2O. The zero-order valence-corrected chi connectivity index (χ0v) is 13.6. The SMILES string of the molecule is CC(C)NCc1cc(Cl)ccc1N1CC(C)OC(C)C1. The topological polar surface area (TPSA) is 24.5 Å². The molecule has 1 aliphatic heterocycles. The van der Waals surface area contributed by atoms with Crippen LogP contribution in [0.5, 0.6) is 0 Å². The lowest BCUT2D eigenvalue weighted by Crippen LogP contribution is -2.46. The lowest BCUT2D eigenvalue weighted by molar-refractivity contribution is -0.00526. The number of rotatable bonds is 4. The van der Waals surface area contributed by atoms with E-state index < -0.39 is 0 Å². The molecule has 2 atom stereocenters. The molecule has 2 rings (SSSR count). The van der Waals surface area contributed by atoms with Crippen LogP contribution in [0.2, 0.25) is 5.02 Å². The van der Waals surface area contributed by atoms with Gasteiger partial charge in [-0.2, -0.15) is 0 Å². The Morgan fingerprint density at radius 3 is 2.55 bits per heavy atom. The van der Waals surface area contributed by atoms with Gasteiger partial charge in [0.25, 0.3) is 0 Å². The van der Waals surface area contributed by atoms with Crippen molar-refractivity contribution < 1.29 is 4.74 Å². The highest BCUT2D eigenvalue weighted by Crippen LogP contribution is 2.27. The predicted octanol–water partition coefficient (Wildman–Crippen LogP) is 3.45. The van der Waals surface area contributed by atoms with E-state index in [1.54, 1.807) is 0 Å². The summed E-state index contributed by atoms with van der Waals surface area (Å²) in [6.45, 7) is 11.3. The predicted molar refractivity (Wildman–Crippen MR) is 85.6 cm³/mol. The Bertz CT molecular complexity index is 440. The molecule has 0 bridgehead atoms. The molecular weight excluding hydrogens is 272 g/mol. The van der Waals surface area contributed by atoms with Gasteiger partial charge in [0, 0.05) is 36.4 Å². The van der Waals surface area contributed by atoms with Crippen molar-refractivity contribution in [2.75, 3.05) is 18.0 Å². The minimum Gasteiger partial charge on any atom is -0.372 e. The molecule has 112 valence electrons. The Morgan fingerprint density at radius 1 is 1.30 bits per heavy atom. The number of nitrogens with zero attached hydrogens (tertiary/aromatic N) is 1. The Balaban J connectivity index is 2.21. The van der Waals surface area contributed by atoms with Crippen LogP contribution in [0.15, 0.2) is 18.2 Å². The van der Waals surface area contributed by atoms with Gasteiger partial charge >= 0.3 is 0 Å². The van der Waals surface area contributed by atoms with Crippen molar-refractivity contribution in [1.82, 2.24) is 5.32 Å². The van der Waals surface area contributed by atoms with Gasteiger partial charge in [-0.3, -0.25) is 0 Å². The largest absolute Gasteiger partial charge is 0.372 e. The van der Waals surface area contributed by atoms with Crippen LogP contribution in [0, 0.1) is 0 Å². The van der Waals surface area contributed by atoms with Gasteiger partial charge in [-0.25, -0.2) is 0 Å². The van der Waals surface area contributed by atoms with Gasteiger partial charge in [-0.15, -0.1) is 0 Å². The summed E-state index contributed by atoms with van der Waals surface area (Å²) in [4.78, 5) is 2.41. The van der Waals surface area contributed by atoms with Crippen molar-refractivity contribution >= 4 is 17.3 Å². The smallest absolute Gasteiger partial charge is 0.0726 e. The fourth-order valence-corrected chi connectivity index (χ4v) is 2.89. The van der Waals surface area contributed by atoms with Gasteiger partial charge in [0.15, 0.2) is 0 Å². The first kappa shape index (κ1) is 15.6. The van der Waals surface area contributed by atoms with Gasteiger partial charge < -0.3 is 15.0 Å². The lowest BCUT2D eigenvalue weighted by atomic mass is 10.1. The molecule has 1 aromatic rings. The van der Waals surface area contributed by atoms with Crippen molar-refractivity contribution in [2.45, 2.75) is 52.5 Å². The number of halogens is 1. The Kier molecular flexibility index (Phi) is 5.30. The van der Waals surface area contributed by atoms with Crippen LogP contribution in [0.4, 0.5) is 5.69 Å². The molecule has 1 aromatic carbocycles. The normalized spacial score (nSPS) is 23.4. The quantitative estimate of drug-likeness (QED) is 0.921. The van der Waals surface area contributed by atoms with Crippen LogP contribution in [0.1, 0.15) is 33.3 Å². The third-order valence-electron chi connectivity index (χ3n) is 3.50. The molecule has 0 spiro atoms. The van der Waals surface area contributed by atoms with E-state index in [0.717, 1.165) is 24.7 Å². The molecule has 3 nitrogen and oxygen atoms in total. The second-order valence-corrected chi connectivity index (χ2v) is 6.41. The standard InChI is InChI=1S/C16H25ClN2O/c1-11(2)18-8-14-7-15(17)5-6-16(14)19-9-12(3)20-13(4)10-19/h5-7,11-13,18H,8-10H2,1-4H3. The van der Waals surface area contributed by atoms with Gasteiger partial charge in [-0.1, -0.05) is 25.4 Å². The summed E-state index contributed by atoms with van der Waals surface area (Å²) in [7, 11) is 0. The molecule has 1 heterocycles. The Hall–Kier alpha value is -0.770. The van der Waals surface area contributed by atoms with E-state index in [4.69, 9.17) is 16.3 Å². The number of nitrogens with one attached hydrogen (secondary N) is 1. The summed E-state index contributed by atoms with van der Waals surface area (Å²) in [6.07, 6.45) is 0.528. The molecule has 0 amide bonds. The average molecular weight is 297 g/mol. The minimum atomic E-state index is 0.264. The summed E-state index contributed by atoms with van der Waals surface area (Å²) in [6, 6.07) is 6.63. The van der Waals surface area contributed by atoms with Crippen molar-refractivity contribution in [1.29, 1.82) is 0 Å². The van der Waals surface area contributed by atoms with Crippen LogP contribution in [0.3, 0.4) is 0 Å². The first-order valence-corrected chi connectivity index (χ1v) is 7.75. The number of morpholine rings is 1. The van der Waals surface area contributed by atoms with Crippen molar-refractivity contribution in [3.8, 4) is 0 Å². The molecule has 0 saturated carbocycles. The number of hydrogen-bond acceptors (Lipinski definition) is 3. The summed E-state index contributed by atoms with van der Waals surface area (Å²) in [5.74, 6) is 0. The molecule has 1 fully saturated rings. The Morgan fingerprint density at radius 2 is 1.95 bits per heavy atom. The molecule has 1 aliphatic rings. The van der Waals surface area contributed by atoms with E-state index in [2.05, 4.69) is 50.0 Å². The highest BCUT2D eigenvalue weighted by Gasteiger charge is 2.23. The third kappa shape index (κ3) is 4.11. The summed E-state index contributed by atoms with van der Waals surface area (Å²) < 4.78 is 5.82. The first-order valence-electron chi connectivity index (χ1n) is 7.38. The van der Waals surface area contributed by atoms with E-state index in [9.17, 15) is 0 Å². The second kappa shape index (κ2) is 6.79. The van der Waals surface area contributed by atoms with Crippen LogP contribution in [0.25, 0.3) is 0 Å². The van der Waals surface area contributed by atoms with Crippen LogP contribution >= 0.6 is 11.6 Å². The maximum absolute atomic E-state index is 6.16. The monoisotopic (exact) mass is 296 g/mol. The molecule has 0 aromatic heterocycles. The molecule has 0 aliphatic carbocycles. The first-order chi connectivity index (χ1) is 9.45. The van der Waals surface area contributed by atoms with E-state index in [1.165, 1.54) is 11.3 Å². The van der Waals surface area contributed by atoms with Crippen LogP contribution in [-0.4, -0.2) is 31.3 Å².